The Morgan fingerprint density at radius 1 is 1.17 bits per heavy atom. The van der Waals surface area contributed by atoms with E-state index in [4.69, 9.17) is 5.73 Å². The van der Waals surface area contributed by atoms with Gasteiger partial charge in [-0.05, 0) is 48.6 Å². The fraction of sp³-hybridized carbons (Fsp3) is 0.316. The minimum absolute atomic E-state index is 0. The van der Waals surface area contributed by atoms with Crippen LogP contribution in [0.1, 0.15) is 30.4 Å². The van der Waals surface area contributed by atoms with Gasteiger partial charge in [-0.1, -0.05) is 30.3 Å². The zero-order valence-corrected chi connectivity index (χ0v) is 14.3. The van der Waals surface area contributed by atoms with E-state index in [1.54, 1.807) is 6.07 Å². The molecule has 0 unspecified atom stereocenters. The maximum atomic E-state index is 13.3. The number of carbonyl (C=O) groups excluding carboxylic acids is 1. The van der Waals surface area contributed by atoms with Crippen LogP contribution in [0.15, 0.2) is 48.5 Å². The molecule has 0 spiro atoms. The van der Waals surface area contributed by atoms with Gasteiger partial charge < -0.3 is 10.6 Å². The maximum absolute atomic E-state index is 13.3. The summed E-state index contributed by atoms with van der Waals surface area (Å²) in [7, 11) is 0. The van der Waals surface area contributed by atoms with Gasteiger partial charge in [-0.3, -0.25) is 4.79 Å². The molecule has 24 heavy (non-hydrogen) atoms. The van der Waals surface area contributed by atoms with Crippen LogP contribution >= 0.6 is 12.4 Å². The van der Waals surface area contributed by atoms with E-state index in [1.807, 2.05) is 35.2 Å². The van der Waals surface area contributed by atoms with Crippen LogP contribution in [0.25, 0.3) is 0 Å². The van der Waals surface area contributed by atoms with Crippen molar-refractivity contribution in [3.8, 4) is 0 Å². The van der Waals surface area contributed by atoms with E-state index in [2.05, 4.69) is 0 Å². The van der Waals surface area contributed by atoms with Gasteiger partial charge in [0.25, 0.3) is 0 Å². The molecule has 0 saturated heterocycles. The van der Waals surface area contributed by atoms with Crippen LogP contribution < -0.4 is 5.73 Å². The Hall–Kier alpha value is -2.07. The molecule has 5 heteroatoms. The van der Waals surface area contributed by atoms with Crippen molar-refractivity contribution in [3.63, 3.8) is 0 Å². The number of anilines is 1. The summed E-state index contributed by atoms with van der Waals surface area (Å²) < 4.78 is 13.3. The van der Waals surface area contributed by atoms with Gasteiger partial charge in [-0.15, -0.1) is 12.4 Å². The van der Waals surface area contributed by atoms with Crippen LogP contribution in [0.5, 0.6) is 0 Å². The van der Waals surface area contributed by atoms with E-state index in [0.717, 1.165) is 29.7 Å². The molecule has 2 N–H and O–H groups in total. The van der Waals surface area contributed by atoms with Gasteiger partial charge in [0.05, 0.1) is 0 Å². The Morgan fingerprint density at radius 3 is 2.58 bits per heavy atom. The van der Waals surface area contributed by atoms with Gasteiger partial charge in [0.15, 0.2) is 0 Å². The molecular weight excluding hydrogens is 327 g/mol. The number of amides is 1. The topological polar surface area (TPSA) is 46.3 Å². The summed E-state index contributed by atoms with van der Waals surface area (Å²) in [6.07, 6.45) is 3.14. The number of rotatable bonds is 6. The molecule has 0 aliphatic heterocycles. The van der Waals surface area contributed by atoms with Crippen LogP contribution in [0.2, 0.25) is 0 Å². The number of hydrogen-bond acceptors (Lipinski definition) is 2. The standard InChI is InChI=1S/C19H21FN2O.ClH/c20-16-6-3-4-14(12-16)13-22(17-9-10-17)19(23)11-8-15-5-1-2-7-18(15)21;/h1-7,12,17H,8-11,13,21H2;1H. The fourth-order valence-corrected chi connectivity index (χ4v) is 2.79. The quantitative estimate of drug-likeness (QED) is 0.803. The van der Waals surface area contributed by atoms with Gasteiger partial charge in [0.1, 0.15) is 5.82 Å². The van der Waals surface area contributed by atoms with Gasteiger partial charge in [0.2, 0.25) is 5.91 Å². The van der Waals surface area contributed by atoms with Crippen molar-refractivity contribution in [1.82, 2.24) is 4.90 Å². The third-order valence-corrected chi connectivity index (χ3v) is 4.21. The first kappa shape index (κ1) is 18.3. The lowest BCUT2D eigenvalue weighted by molar-refractivity contribution is -0.132. The molecule has 0 atom stereocenters. The molecule has 0 radical (unpaired) electrons. The zero-order chi connectivity index (χ0) is 16.2. The van der Waals surface area contributed by atoms with E-state index in [1.165, 1.54) is 12.1 Å². The van der Waals surface area contributed by atoms with E-state index in [0.29, 0.717) is 25.4 Å². The smallest absolute Gasteiger partial charge is 0.223 e. The van der Waals surface area contributed by atoms with Gasteiger partial charge in [-0.25, -0.2) is 4.39 Å². The Balaban J connectivity index is 0.00000208. The predicted molar refractivity (Wildman–Crippen MR) is 96.4 cm³/mol. The normalized spacial score (nSPS) is 13.2. The van der Waals surface area contributed by atoms with Gasteiger partial charge in [0, 0.05) is 24.7 Å². The lowest BCUT2D eigenvalue weighted by Gasteiger charge is -2.23. The first-order chi connectivity index (χ1) is 11.1. The largest absolute Gasteiger partial charge is 0.399 e. The molecule has 0 bridgehead atoms. The van der Waals surface area contributed by atoms with Crippen LogP contribution in [-0.2, 0) is 17.8 Å². The highest BCUT2D eigenvalue weighted by Crippen LogP contribution is 2.29. The number of hydrogen-bond donors (Lipinski definition) is 1. The molecule has 3 nitrogen and oxygen atoms in total. The fourth-order valence-electron chi connectivity index (χ4n) is 2.79. The summed E-state index contributed by atoms with van der Waals surface area (Å²) in [5.74, 6) is -0.150. The van der Waals surface area contributed by atoms with Crippen molar-refractivity contribution in [1.29, 1.82) is 0 Å². The molecule has 0 aromatic heterocycles. The molecule has 1 fully saturated rings. The van der Waals surface area contributed by atoms with Crippen molar-refractivity contribution in [2.24, 2.45) is 0 Å². The Kier molecular flexibility index (Phi) is 6.21. The number of nitrogens with zero attached hydrogens (tertiary/aromatic N) is 1. The number of para-hydroxylation sites is 1. The summed E-state index contributed by atoms with van der Waals surface area (Å²) in [6.45, 7) is 0.478. The highest BCUT2D eigenvalue weighted by atomic mass is 35.5. The summed E-state index contributed by atoms with van der Waals surface area (Å²) in [6, 6.07) is 14.4. The van der Waals surface area contributed by atoms with Crippen LogP contribution in [0.3, 0.4) is 0 Å². The number of nitrogen functional groups attached to an aromatic ring is 1. The van der Waals surface area contributed by atoms with E-state index in [-0.39, 0.29) is 24.1 Å². The lowest BCUT2D eigenvalue weighted by Crippen LogP contribution is -2.32. The molecule has 2 aromatic rings. The predicted octanol–water partition coefficient (Wildman–Crippen LogP) is 3.95. The van der Waals surface area contributed by atoms with E-state index in [9.17, 15) is 9.18 Å². The van der Waals surface area contributed by atoms with Crippen molar-refractivity contribution in [3.05, 3.63) is 65.5 Å². The minimum atomic E-state index is -0.261. The van der Waals surface area contributed by atoms with Crippen molar-refractivity contribution in [2.75, 3.05) is 5.73 Å². The monoisotopic (exact) mass is 348 g/mol. The number of carbonyl (C=O) groups is 1. The summed E-state index contributed by atoms with van der Waals surface area (Å²) in [4.78, 5) is 14.5. The van der Waals surface area contributed by atoms with Crippen molar-refractivity contribution in [2.45, 2.75) is 38.3 Å². The second-order valence-corrected chi connectivity index (χ2v) is 6.08. The minimum Gasteiger partial charge on any atom is -0.399 e. The first-order valence-corrected chi connectivity index (χ1v) is 8.01. The SMILES string of the molecule is Cl.Nc1ccccc1CCC(=O)N(Cc1cccc(F)c1)C1CC1. The van der Waals surface area contributed by atoms with E-state index < -0.39 is 0 Å². The van der Waals surface area contributed by atoms with Crippen molar-refractivity contribution >= 4 is 24.0 Å². The van der Waals surface area contributed by atoms with Gasteiger partial charge in [-0.2, -0.15) is 0 Å². The first-order valence-electron chi connectivity index (χ1n) is 8.01. The Bertz CT molecular complexity index is 703. The van der Waals surface area contributed by atoms with Gasteiger partial charge >= 0.3 is 0 Å². The van der Waals surface area contributed by atoms with Crippen LogP contribution in [0, 0.1) is 5.82 Å². The zero-order valence-electron chi connectivity index (χ0n) is 13.5. The molecule has 0 heterocycles. The third-order valence-electron chi connectivity index (χ3n) is 4.21. The number of halogens is 2. The average Bonchev–Trinajstić information content (AvgIpc) is 3.36. The molecule has 3 rings (SSSR count). The average molecular weight is 349 g/mol. The highest BCUT2D eigenvalue weighted by Gasteiger charge is 2.32. The molecule has 1 amide bonds. The van der Waals surface area contributed by atoms with Crippen molar-refractivity contribution < 1.29 is 9.18 Å². The molecule has 1 aliphatic rings. The maximum Gasteiger partial charge on any atom is 0.223 e. The second kappa shape index (κ2) is 8.15. The molecule has 1 saturated carbocycles. The second-order valence-electron chi connectivity index (χ2n) is 6.08. The molecular formula is C19H22ClFN2O. The summed E-state index contributed by atoms with van der Waals surface area (Å²) in [5, 5.41) is 0. The number of benzene rings is 2. The highest BCUT2D eigenvalue weighted by molar-refractivity contribution is 5.85. The Labute approximate surface area is 148 Å². The Morgan fingerprint density at radius 2 is 1.92 bits per heavy atom. The number of nitrogens with two attached hydrogens (primary N) is 1. The molecule has 1 aliphatic carbocycles. The summed E-state index contributed by atoms with van der Waals surface area (Å²) >= 11 is 0. The number of aryl methyl sites for hydroxylation is 1. The van der Waals surface area contributed by atoms with E-state index >= 15 is 0 Å². The molecule has 2 aromatic carbocycles. The van der Waals surface area contributed by atoms with Crippen LogP contribution in [0.4, 0.5) is 10.1 Å². The van der Waals surface area contributed by atoms with Crippen LogP contribution in [-0.4, -0.2) is 16.8 Å². The molecule has 128 valence electrons. The third kappa shape index (κ3) is 4.71. The summed E-state index contributed by atoms with van der Waals surface area (Å²) in [5.41, 5.74) is 8.49. The lowest BCUT2D eigenvalue weighted by atomic mass is 10.1.